The first-order chi connectivity index (χ1) is 10.3. The molecule has 110 valence electrons. The fraction of sp³-hybridized carbons (Fsp3) is 0.500. The lowest BCUT2D eigenvalue weighted by Crippen LogP contribution is -2.37. The zero-order valence-electron chi connectivity index (χ0n) is 12.1. The van der Waals surface area contributed by atoms with Crippen molar-refractivity contribution in [3.05, 3.63) is 30.1 Å². The molecule has 5 nitrogen and oxygen atoms in total. The van der Waals surface area contributed by atoms with Crippen LogP contribution in [0.1, 0.15) is 29.6 Å². The lowest BCUT2D eigenvalue weighted by molar-refractivity contribution is 0.0780. The number of hydrogen-bond acceptors (Lipinski definition) is 3. The first-order valence-electron chi connectivity index (χ1n) is 7.78. The van der Waals surface area contributed by atoms with Crippen LogP contribution in [0.3, 0.4) is 0 Å². The predicted molar refractivity (Wildman–Crippen MR) is 81.2 cm³/mol. The van der Waals surface area contributed by atoms with Crippen LogP contribution >= 0.6 is 0 Å². The van der Waals surface area contributed by atoms with Crippen LogP contribution in [-0.4, -0.2) is 57.9 Å². The molecule has 1 unspecified atom stereocenters. The zero-order valence-corrected chi connectivity index (χ0v) is 12.1. The molecule has 1 aromatic carbocycles. The minimum atomic E-state index is 0.146. The topological polar surface area (TPSA) is 52.2 Å². The third-order valence-electron chi connectivity index (χ3n) is 4.77. The number of aromatic nitrogens is 2. The molecule has 0 spiro atoms. The maximum atomic E-state index is 12.6. The summed E-state index contributed by atoms with van der Waals surface area (Å²) in [6.07, 6.45) is 5.39. The number of likely N-dealkylation sites (tertiary alicyclic amines) is 2. The van der Waals surface area contributed by atoms with E-state index in [1.54, 1.807) is 6.33 Å². The Morgan fingerprint density at radius 2 is 2.10 bits per heavy atom. The number of carbonyl (C=O) groups excluding carboxylic acids is 1. The lowest BCUT2D eigenvalue weighted by Gasteiger charge is -2.23. The maximum Gasteiger partial charge on any atom is 0.253 e. The SMILES string of the molecule is O=C(c1ccc2nc[nH]c2c1)N1CCC(N2CCCC2)C1. The van der Waals surface area contributed by atoms with Crippen molar-refractivity contribution in [1.82, 2.24) is 19.8 Å². The van der Waals surface area contributed by atoms with E-state index in [4.69, 9.17) is 0 Å². The molecule has 0 saturated carbocycles. The highest BCUT2D eigenvalue weighted by Gasteiger charge is 2.31. The highest BCUT2D eigenvalue weighted by molar-refractivity contribution is 5.97. The Morgan fingerprint density at radius 1 is 1.24 bits per heavy atom. The number of carbonyl (C=O) groups is 1. The van der Waals surface area contributed by atoms with Crippen LogP contribution in [0.25, 0.3) is 11.0 Å². The fourth-order valence-electron chi connectivity index (χ4n) is 3.58. The number of nitrogens with zero attached hydrogens (tertiary/aromatic N) is 3. The first kappa shape index (κ1) is 12.8. The van der Waals surface area contributed by atoms with Gasteiger partial charge in [0.1, 0.15) is 0 Å². The fourth-order valence-corrected chi connectivity index (χ4v) is 3.58. The van der Waals surface area contributed by atoms with Gasteiger partial charge in [0, 0.05) is 24.7 Å². The Labute approximate surface area is 123 Å². The third-order valence-corrected chi connectivity index (χ3v) is 4.77. The summed E-state index contributed by atoms with van der Waals surface area (Å²) in [5, 5.41) is 0. The summed E-state index contributed by atoms with van der Waals surface area (Å²) < 4.78 is 0. The van der Waals surface area contributed by atoms with Crippen molar-refractivity contribution in [2.45, 2.75) is 25.3 Å². The number of H-pyrrole nitrogens is 1. The molecule has 2 aromatic rings. The normalized spacial score (nSPS) is 23.2. The number of imidazole rings is 1. The van der Waals surface area contributed by atoms with E-state index >= 15 is 0 Å². The van der Waals surface area contributed by atoms with E-state index in [-0.39, 0.29) is 5.91 Å². The van der Waals surface area contributed by atoms with Crippen LogP contribution in [0.15, 0.2) is 24.5 Å². The molecule has 1 amide bonds. The van der Waals surface area contributed by atoms with Crippen LogP contribution < -0.4 is 0 Å². The van der Waals surface area contributed by atoms with Gasteiger partial charge in [0.25, 0.3) is 5.91 Å². The van der Waals surface area contributed by atoms with Crippen LogP contribution in [0, 0.1) is 0 Å². The molecule has 2 aliphatic rings. The molecule has 1 atom stereocenters. The first-order valence-corrected chi connectivity index (χ1v) is 7.78. The number of benzene rings is 1. The summed E-state index contributed by atoms with van der Waals surface area (Å²) in [7, 11) is 0. The van der Waals surface area contributed by atoms with Crippen molar-refractivity contribution >= 4 is 16.9 Å². The quantitative estimate of drug-likeness (QED) is 0.916. The van der Waals surface area contributed by atoms with E-state index in [2.05, 4.69) is 14.9 Å². The van der Waals surface area contributed by atoms with Crippen LogP contribution in [0.2, 0.25) is 0 Å². The van der Waals surface area contributed by atoms with Gasteiger partial charge in [-0.25, -0.2) is 4.98 Å². The second kappa shape index (κ2) is 5.15. The molecule has 4 rings (SSSR count). The molecule has 2 fully saturated rings. The molecule has 1 N–H and O–H groups in total. The summed E-state index contributed by atoms with van der Waals surface area (Å²) in [6.45, 7) is 4.15. The Morgan fingerprint density at radius 3 is 2.95 bits per heavy atom. The number of nitrogens with one attached hydrogen (secondary N) is 1. The highest BCUT2D eigenvalue weighted by atomic mass is 16.2. The minimum absolute atomic E-state index is 0.146. The number of hydrogen-bond donors (Lipinski definition) is 1. The highest BCUT2D eigenvalue weighted by Crippen LogP contribution is 2.22. The van der Waals surface area contributed by atoms with Crippen molar-refractivity contribution in [3.63, 3.8) is 0 Å². The van der Waals surface area contributed by atoms with E-state index in [0.29, 0.717) is 6.04 Å². The standard InChI is InChI=1S/C16H20N4O/c21-16(12-3-4-14-15(9-12)18-11-17-14)20-8-5-13(10-20)19-6-1-2-7-19/h3-4,9,11,13H,1-2,5-8,10H2,(H,17,18). The van der Waals surface area contributed by atoms with Gasteiger partial charge in [0.15, 0.2) is 0 Å². The van der Waals surface area contributed by atoms with Gasteiger partial charge < -0.3 is 9.88 Å². The molecule has 3 heterocycles. The van der Waals surface area contributed by atoms with E-state index in [0.717, 1.165) is 36.1 Å². The number of rotatable bonds is 2. The monoisotopic (exact) mass is 284 g/mol. The Bertz CT molecular complexity index is 659. The van der Waals surface area contributed by atoms with Crippen molar-refractivity contribution < 1.29 is 4.79 Å². The molecule has 1 aromatic heterocycles. The van der Waals surface area contributed by atoms with E-state index in [1.807, 2.05) is 23.1 Å². The lowest BCUT2D eigenvalue weighted by atomic mass is 10.2. The second-order valence-corrected chi connectivity index (χ2v) is 6.07. The van der Waals surface area contributed by atoms with Crippen LogP contribution in [0.5, 0.6) is 0 Å². The number of amides is 1. The van der Waals surface area contributed by atoms with Crippen LogP contribution in [0.4, 0.5) is 0 Å². The summed E-state index contributed by atoms with van der Waals surface area (Å²) >= 11 is 0. The van der Waals surface area contributed by atoms with Crippen LogP contribution in [-0.2, 0) is 0 Å². The average molecular weight is 284 g/mol. The van der Waals surface area contributed by atoms with Crippen molar-refractivity contribution in [3.8, 4) is 0 Å². The molecular formula is C16H20N4O. The van der Waals surface area contributed by atoms with E-state index in [1.165, 1.54) is 25.9 Å². The maximum absolute atomic E-state index is 12.6. The van der Waals surface area contributed by atoms with Gasteiger partial charge in [-0.3, -0.25) is 9.69 Å². The summed E-state index contributed by atoms with van der Waals surface area (Å²) in [5.41, 5.74) is 2.59. The number of aromatic amines is 1. The van der Waals surface area contributed by atoms with E-state index < -0.39 is 0 Å². The van der Waals surface area contributed by atoms with Gasteiger partial charge in [-0.1, -0.05) is 0 Å². The van der Waals surface area contributed by atoms with Gasteiger partial charge >= 0.3 is 0 Å². The minimum Gasteiger partial charge on any atom is -0.345 e. The van der Waals surface area contributed by atoms with Gasteiger partial charge in [-0.2, -0.15) is 0 Å². The molecule has 0 aliphatic carbocycles. The molecule has 0 bridgehead atoms. The van der Waals surface area contributed by atoms with E-state index in [9.17, 15) is 4.79 Å². The average Bonchev–Trinajstić information content (AvgIpc) is 3.24. The summed E-state index contributed by atoms with van der Waals surface area (Å²) in [6, 6.07) is 6.27. The molecule has 2 saturated heterocycles. The molecule has 2 aliphatic heterocycles. The molecule has 5 heteroatoms. The summed E-state index contributed by atoms with van der Waals surface area (Å²) in [4.78, 5) is 24.5. The predicted octanol–water partition coefficient (Wildman–Crippen LogP) is 1.87. The molecular weight excluding hydrogens is 264 g/mol. The zero-order chi connectivity index (χ0) is 14.2. The molecule has 21 heavy (non-hydrogen) atoms. The Balaban J connectivity index is 1.49. The largest absolute Gasteiger partial charge is 0.345 e. The number of fused-ring (bicyclic) bond motifs is 1. The third kappa shape index (κ3) is 2.31. The van der Waals surface area contributed by atoms with Gasteiger partial charge in [-0.15, -0.1) is 0 Å². The Kier molecular flexibility index (Phi) is 3.15. The van der Waals surface area contributed by atoms with Crippen molar-refractivity contribution in [2.75, 3.05) is 26.2 Å². The molecule has 0 radical (unpaired) electrons. The van der Waals surface area contributed by atoms with Crippen molar-refractivity contribution in [2.24, 2.45) is 0 Å². The smallest absolute Gasteiger partial charge is 0.253 e. The van der Waals surface area contributed by atoms with Crippen molar-refractivity contribution in [1.29, 1.82) is 0 Å². The second-order valence-electron chi connectivity index (χ2n) is 6.07. The van der Waals surface area contributed by atoms with Gasteiger partial charge in [-0.05, 0) is 50.6 Å². The van der Waals surface area contributed by atoms with Gasteiger partial charge in [0.2, 0.25) is 0 Å². The Hall–Kier alpha value is -1.88. The summed E-state index contributed by atoms with van der Waals surface area (Å²) in [5.74, 6) is 0.146. The van der Waals surface area contributed by atoms with Gasteiger partial charge in [0.05, 0.1) is 17.4 Å².